The third kappa shape index (κ3) is 4.89. The molecule has 1 aromatic heterocycles. The molecule has 1 heterocycles. The summed E-state index contributed by atoms with van der Waals surface area (Å²) >= 11 is 0. The van der Waals surface area contributed by atoms with E-state index in [4.69, 9.17) is 9.52 Å². The van der Waals surface area contributed by atoms with Gasteiger partial charge in [-0.2, -0.15) is 0 Å². The number of furan rings is 1. The summed E-state index contributed by atoms with van der Waals surface area (Å²) in [6, 6.07) is 3.46. The zero-order valence-electron chi connectivity index (χ0n) is 12.8. The van der Waals surface area contributed by atoms with Crippen LogP contribution in [0.15, 0.2) is 22.8 Å². The molecule has 1 rings (SSSR count). The Hall–Kier alpha value is -1.49. The molecule has 2 N–H and O–H groups in total. The molecule has 1 aromatic rings. The zero-order chi connectivity index (χ0) is 15.2. The topological polar surface area (TPSA) is 65.7 Å². The number of amides is 2. The molecule has 0 fully saturated rings. The standard InChI is InChI=1S/C15H26N2O3/c1-12(13-7-5-10-20-13)17(4)14(19)16-9-6-8-15(2,3)11-18/h5,7,10,12,18H,6,8-9,11H2,1-4H3,(H,16,19). The maximum Gasteiger partial charge on any atom is 0.317 e. The lowest BCUT2D eigenvalue weighted by atomic mass is 9.89. The first-order chi connectivity index (χ1) is 9.37. The highest BCUT2D eigenvalue weighted by Gasteiger charge is 2.19. The molecule has 0 saturated heterocycles. The highest BCUT2D eigenvalue weighted by Crippen LogP contribution is 2.21. The lowest BCUT2D eigenvalue weighted by Gasteiger charge is -2.24. The Balaban J connectivity index is 2.32. The first kappa shape index (κ1) is 16.6. The van der Waals surface area contributed by atoms with Gasteiger partial charge in [-0.1, -0.05) is 13.8 Å². The zero-order valence-corrected chi connectivity index (χ0v) is 12.8. The Morgan fingerprint density at radius 2 is 2.25 bits per heavy atom. The van der Waals surface area contributed by atoms with Crippen molar-refractivity contribution in [3.63, 3.8) is 0 Å². The van der Waals surface area contributed by atoms with E-state index in [1.807, 2.05) is 32.9 Å². The highest BCUT2D eigenvalue weighted by molar-refractivity contribution is 5.74. The third-order valence-electron chi connectivity index (χ3n) is 3.59. The predicted octanol–water partition coefficient (Wildman–Crippen LogP) is 2.78. The van der Waals surface area contributed by atoms with Crippen LogP contribution in [0.2, 0.25) is 0 Å². The number of hydrogen-bond donors (Lipinski definition) is 2. The average molecular weight is 282 g/mol. The number of carbonyl (C=O) groups is 1. The van der Waals surface area contributed by atoms with Gasteiger partial charge < -0.3 is 19.7 Å². The van der Waals surface area contributed by atoms with Gasteiger partial charge in [-0.3, -0.25) is 0 Å². The molecule has 0 radical (unpaired) electrons. The lowest BCUT2D eigenvalue weighted by molar-refractivity contribution is 0.147. The molecule has 0 saturated carbocycles. The van der Waals surface area contributed by atoms with E-state index in [0.29, 0.717) is 6.54 Å². The van der Waals surface area contributed by atoms with Crippen molar-refractivity contribution < 1.29 is 14.3 Å². The van der Waals surface area contributed by atoms with Crippen LogP contribution in [0.5, 0.6) is 0 Å². The van der Waals surface area contributed by atoms with Crippen molar-refractivity contribution in [3.8, 4) is 0 Å². The van der Waals surface area contributed by atoms with Gasteiger partial charge >= 0.3 is 6.03 Å². The minimum Gasteiger partial charge on any atom is -0.467 e. The smallest absolute Gasteiger partial charge is 0.317 e. The second-order valence-electron chi connectivity index (χ2n) is 5.96. The molecular formula is C15H26N2O3. The summed E-state index contributed by atoms with van der Waals surface area (Å²) in [6.45, 7) is 6.72. The highest BCUT2D eigenvalue weighted by atomic mass is 16.3. The van der Waals surface area contributed by atoms with Gasteiger partial charge in [-0.25, -0.2) is 4.79 Å². The number of hydrogen-bond acceptors (Lipinski definition) is 3. The Morgan fingerprint density at radius 1 is 1.55 bits per heavy atom. The van der Waals surface area contributed by atoms with Crippen LogP contribution in [0, 0.1) is 5.41 Å². The van der Waals surface area contributed by atoms with Crippen molar-refractivity contribution in [2.45, 2.75) is 39.7 Å². The van der Waals surface area contributed by atoms with E-state index in [1.165, 1.54) is 0 Å². The maximum atomic E-state index is 12.0. The summed E-state index contributed by atoms with van der Waals surface area (Å²) in [5.41, 5.74) is -0.0852. The van der Waals surface area contributed by atoms with E-state index in [1.54, 1.807) is 18.2 Å². The lowest BCUT2D eigenvalue weighted by Crippen LogP contribution is -2.39. The number of carbonyl (C=O) groups excluding carboxylic acids is 1. The summed E-state index contributed by atoms with van der Waals surface area (Å²) < 4.78 is 5.30. The molecule has 20 heavy (non-hydrogen) atoms. The number of nitrogens with zero attached hydrogens (tertiary/aromatic N) is 1. The van der Waals surface area contributed by atoms with Crippen LogP contribution >= 0.6 is 0 Å². The number of aliphatic hydroxyl groups excluding tert-OH is 1. The van der Waals surface area contributed by atoms with Gasteiger partial charge in [0.25, 0.3) is 0 Å². The molecule has 0 spiro atoms. The predicted molar refractivity (Wildman–Crippen MR) is 78.4 cm³/mol. The van der Waals surface area contributed by atoms with Gasteiger partial charge in [-0.05, 0) is 37.3 Å². The molecule has 0 aromatic carbocycles. The first-order valence-corrected chi connectivity index (χ1v) is 7.02. The van der Waals surface area contributed by atoms with Crippen molar-refractivity contribution in [2.75, 3.05) is 20.2 Å². The molecule has 0 bridgehead atoms. The normalized spacial score (nSPS) is 13.1. The van der Waals surface area contributed by atoms with E-state index >= 15 is 0 Å². The Labute approximate surface area is 121 Å². The quantitative estimate of drug-likeness (QED) is 0.756. The van der Waals surface area contributed by atoms with Crippen molar-refractivity contribution in [2.24, 2.45) is 5.41 Å². The van der Waals surface area contributed by atoms with Crippen LogP contribution in [0.3, 0.4) is 0 Å². The number of rotatable bonds is 7. The average Bonchev–Trinajstić information content (AvgIpc) is 2.95. The van der Waals surface area contributed by atoms with E-state index in [2.05, 4.69) is 5.32 Å². The van der Waals surface area contributed by atoms with Crippen LogP contribution in [0.4, 0.5) is 4.79 Å². The van der Waals surface area contributed by atoms with Gasteiger partial charge in [0.1, 0.15) is 5.76 Å². The summed E-state index contributed by atoms with van der Waals surface area (Å²) in [6.07, 6.45) is 3.33. The minimum absolute atomic E-state index is 0.0852. The first-order valence-electron chi connectivity index (χ1n) is 7.02. The van der Waals surface area contributed by atoms with Crippen molar-refractivity contribution in [1.29, 1.82) is 0 Å². The Kier molecular flexibility index (Phi) is 6.07. The van der Waals surface area contributed by atoms with Crippen LogP contribution in [-0.4, -0.2) is 36.2 Å². The maximum absolute atomic E-state index is 12.0. The number of nitrogens with one attached hydrogen (secondary N) is 1. The van der Waals surface area contributed by atoms with Gasteiger partial charge in [0.05, 0.1) is 12.3 Å². The summed E-state index contributed by atoms with van der Waals surface area (Å²) in [7, 11) is 1.75. The van der Waals surface area contributed by atoms with Crippen LogP contribution < -0.4 is 5.32 Å². The number of aliphatic hydroxyl groups is 1. The van der Waals surface area contributed by atoms with E-state index in [0.717, 1.165) is 18.6 Å². The van der Waals surface area contributed by atoms with Crippen LogP contribution in [-0.2, 0) is 0 Å². The molecule has 5 nitrogen and oxygen atoms in total. The van der Waals surface area contributed by atoms with Gasteiger partial charge in [0, 0.05) is 20.2 Å². The van der Waals surface area contributed by atoms with Crippen molar-refractivity contribution >= 4 is 6.03 Å². The SMILES string of the molecule is CC(c1ccco1)N(C)C(=O)NCCCC(C)(C)CO. The van der Waals surface area contributed by atoms with Crippen molar-refractivity contribution in [1.82, 2.24) is 10.2 Å². The summed E-state index contributed by atoms with van der Waals surface area (Å²) in [5.74, 6) is 0.768. The fourth-order valence-electron chi connectivity index (χ4n) is 1.86. The Morgan fingerprint density at radius 3 is 2.80 bits per heavy atom. The van der Waals surface area contributed by atoms with E-state index < -0.39 is 0 Å². The monoisotopic (exact) mass is 282 g/mol. The Bertz CT molecular complexity index is 401. The fraction of sp³-hybridized carbons (Fsp3) is 0.667. The van der Waals surface area contributed by atoms with Crippen LogP contribution in [0.25, 0.3) is 0 Å². The summed E-state index contributed by atoms with van der Waals surface area (Å²) in [4.78, 5) is 13.6. The van der Waals surface area contributed by atoms with Crippen LogP contribution in [0.1, 0.15) is 45.4 Å². The molecule has 0 aliphatic rings. The second-order valence-corrected chi connectivity index (χ2v) is 5.96. The largest absolute Gasteiger partial charge is 0.467 e. The fourth-order valence-corrected chi connectivity index (χ4v) is 1.86. The summed E-state index contributed by atoms with van der Waals surface area (Å²) in [5, 5.41) is 12.0. The minimum atomic E-state index is -0.115. The molecule has 1 atom stereocenters. The van der Waals surface area contributed by atoms with E-state index in [-0.39, 0.29) is 24.1 Å². The molecule has 1 unspecified atom stereocenters. The molecule has 0 aliphatic carbocycles. The third-order valence-corrected chi connectivity index (χ3v) is 3.59. The molecular weight excluding hydrogens is 256 g/mol. The molecule has 5 heteroatoms. The van der Waals surface area contributed by atoms with Gasteiger partial charge in [0.2, 0.25) is 0 Å². The van der Waals surface area contributed by atoms with Crippen molar-refractivity contribution in [3.05, 3.63) is 24.2 Å². The van der Waals surface area contributed by atoms with Gasteiger partial charge in [-0.15, -0.1) is 0 Å². The second kappa shape index (κ2) is 7.33. The van der Waals surface area contributed by atoms with Gasteiger partial charge in [0.15, 0.2) is 0 Å². The van der Waals surface area contributed by atoms with E-state index in [9.17, 15) is 4.79 Å². The molecule has 0 aliphatic heterocycles. The molecule has 114 valence electrons. The number of urea groups is 1. The molecule has 2 amide bonds.